The Morgan fingerprint density at radius 2 is 1.81 bits per heavy atom. The molecule has 1 aromatic rings. The lowest BCUT2D eigenvalue weighted by Gasteiger charge is -2.42. The van der Waals surface area contributed by atoms with E-state index in [2.05, 4.69) is 22.3 Å². The maximum absolute atomic E-state index is 13.0. The second-order valence-corrected chi connectivity index (χ2v) is 7.98. The summed E-state index contributed by atoms with van der Waals surface area (Å²) in [6.45, 7) is 2.39. The predicted molar refractivity (Wildman–Crippen MR) is 104 cm³/mol. The highest BCUT2D eigenvalue weighted by Crippen LogP contribution is 2.30. The first-order valence-electron chi connectivity index (χ1n) is 10.2. The lowest BCUT2D eigenvalue weighted by atomic mass is 9.90. The van der Waals surface area contributed by atoms with Crippen LogP contribution in [0.4, 0.5) is 0 Å². The number of benzene rings is 1. The molecule has 2 aliphatic rings. The van der Waals surface area contributed by atoms with Gasteiger partial charge in [-0.2, -0.15) is 0 Å². The van der Waals surface area contributed by atoms with E-state index in [0.29, 0.717) is 6.42 Å². The van der Waals surface area contributed by atoms with Crippen LogP contribution in [0.3, 0.4) is 0 Å². The maximum atomic E-state index is 13.0. The molecule has 4 heteroatoms. The molecule has 2 fully saturated rings. The number of carbonyl (C=O) groups excluding carboxylic acids is 2. The zero-order valence-corrected chi connectivity index (χ0v) is 16.0. The smallest absolute Gasteiger partial charge is 0.222 e. The maximum Gasteiger partial charge on any atom is 0.222 e. The average molecular weight is 357 g/mol. The average Bonchev–Trinajstić information content (AvgIpc) is 3.15. The Balaban J connectivity index is 1.68. The molecule has 3 rings (SSSR count). The van der Waals surface area contributed by atoms with E-state index in [1.54, 1.807) is 6.92 Å². The van der Waals surface area contributed by atoms with Crippen molar-refractivity contribution >= 4 is 11.8 Å². The van der Waals surface area contributed by atoms with Crippen molar-refractivity contribution in [1.29, 1.82) is 0 Å². The molecule has 0 radical (unpaired) electrons. The van der Waals surface area contributed by atoms with Crippen molar-refractivity contribution in [2.24, 2.45) is 5.92 Å². The van der Waals surface area contributed by atoms with Crippen molar-refractivity contribution < 1.29 is 9.59 Å². The topological polar surface area (TPSA) is 49.4 Å². The van der Waals surface area contributed by atoms with Crippen LogP contribution in [-0.4, -0.2) is 35.3 Å². The van der Waals surface area contributed by atoms with Crippen LogP contribution in [0.2, 0.25) is 0 Å². The summed E-state index contributed by atoms with van der Waals surface area (Å²) in [5.41, 5.74) is 1.23. The molecule has 1 aliphatic carbocycles. The van der Waals surface area contributed by atoms with Gasteiger partial charge in [0.25, 0.3) is 0 Å². The van der Waals surface area contributed by atoms with E-state index in [0.717, 1.165) is 38.1 Å². The summed E-state index contributed by atoms with van der Waals surface area (Å²) in [7, 11) is 0. The van der Waals surface area contributed by atoms with E-state index in [-0.39, 0.29) is 23.9 Å². The minimum Gasteiger partial charge on any atom is -0.352 e. The molecule has 1 aromatic carbocycles. The van der Waals surface area contributed by atoms with E-state index in [4.69, 9.17) is 0 Å². The van der Waals surface area contributed by atoms with E-state index in [1.165, 1.54) is 31.2 Å². The van der Waals surface area contributed by atoms with Crippen LogP contribution in [0.15, 0.2) is 30.3 Å². The van der Waals surface area contributed by atoms with Gasteiger partial charge in [0.2, 0.25) is 11.8 Å². The summed E-state index contributed by atoms with van der Waals surface area (Å²) in [5.74, 6) is 1.00. The van der Waals surface area contributed by atoms with Gasteiger partial charge < -0.3 is 10.2 Å². The standard InChI is InChI=1S/C22H32N2O2/c1-17(25)23-20-12-7-15-24(21(20)16-19-10-3-2-4-11-19)22(26)14-13-18-8-5-6-9-18/h2-4,10-11,18,20-21H,5-9,12-16H2,1H3,(H,23,25)/t20-,21-/m0/s1. The third-order valence-electron chi connectivity index (χ3n) is 6.02. The van der Waals surface area contributed by atoms with Crippen molar-refractivity contribution in [1.82, 2.24) is 10.2 Å². The van der Waals surface area contributed by atoms with Crippen LogP contribution < -0.4 is 5.32 Å². The number of hydrogen-bond donors (Lipinski definition) is 1. The Bertz CT molecular complexity index is 595. The van der Waals surface area contributed by atoms with Crippen molar-refractivity contribution in [2.45, 2.75) is 76.8 Å². The van der Waals surface area contributed by atoms with Crippen molar-refractivity contribution in [3.05, 3.63) is 35.9 Å². The molecule has 1 heterocycles. The van der Waals surface area contributed by atoms with Gasteiger partial charge in [0.1, 0.15) is 0 Å². The number of likely N-dealkylation sites (tertiary alicyclic amines) is 1. The number of hydrogen-bond acceptors (Lipinski definition) is 2. The van der Waals surface area contributed by atoms with Gasteiger partial charge in [-0.05, 0) is 37.2 Å². The summed E-state index contributed by atoms with van der Waals surface area (Å²) in [6, 6.07) is 10.4. The molecule has 1 saturated carbocycles. The molecule has 0 bridgehead atoms. The summed E-state index contributed by atoms with van der Waals surface area (Å²) in [5, 5.41) is 3.10. The molecule has 1 N–H and O–H groups in total. The first-order valence-corrected chi connectivity index (χ1v) is 10.2. The number of nitrogens with one attached hydrogen (secondary N) is 1. The van der Waals surface area contributed by atoms with E-state index in [9.17, 15) is 9.59 Å². The highest BCUT2D eigenvalue weighted by Gasteiger charge is 2.34. The summed E-state index contributed by atoms with van der Waals surface area (Å²) in [4.78, 5) is 26.7. The number of carbonyl (C=O) groups is 2. The van der Waals surface area contributed by atoms with E-state index < -0.39 is 0 Å². The molecular formula is C22H32N2O2. The largest absolute Gasteiger partial charge is 0.352 e. The van der Waals surface area contributed by atoms with Gasteiger partial charge in [0.15, 0.2) is 0 Å². The van der Waals surface area contributed by atoms with Gasteiger partial charge in [0.05, 0.1) is 6.04 Å². The third kappa shape index (κ3) is 5.09. The van der Waals surface area contributed by atoms with Crippen LogP contribution >= 0.6 is 0 Å². The fourth-order valence-corrected chi connectivity index (χ4v) is 4.67. The van der Waals surface area contributed by atoms with Crippen molar-refractivity contribution in [3.8, 4) is 0 Å². The minimum atomic E-state index is -0.00619. The van der Waals surface area contributed by atoms with Gasteiger partial charge in [0, 0.05) is 25.9 Å². The van der Waals surface area contributed by atoms with Gasteiger partial charge in [-0.15, -0.1) is 0 Å². The predicted octanol–water partition coefficient (Wildman–Crippen LogP) is 3.70. The molecule has 0 spiro atoms. The highest BCUT2D eigenvalue weighted by molar-refractivity contribution is 5.77. The molecule has 1 saturated heterocycles. The number of nitrogens with zero attached hydrogens (tertiary/aromatic N) is 1. The Hall–Kier alpha value is -1.84. The van der Waals surface area contributed by atoms with Crippen LogP contribution in [0.1, 0.15) is 63.9 Å². The van der Waals surface area contributed by atoms with Crippen molar-refractivity contribution in [3.63, 3.8) is 0 Å². The molecule has 2 amide bonds. The number of amides is 2. The van der Waals surface area contributed by atoms with Crippen LogP contribution in [-0.2, 0) is 16.0 Å². The Morgan fingerprint density at radius 1 is 1.08 bits per heavy atom. The summed E-state index contributed by atoms with van der Waals surface area (Å²) < 4.78 is 0. The fourth-order valence-electron chi connectivity index (χ4n) is 4.67. The van der Waals surface area contributed by atoms with E-state index in [1.807, 2.05) is 18.2 Å². The molecule has 1 aliphatic heterocycles. The molecule has 0 unspecified atom stereocenters. The zero-order chi connectivity index (χ0) is 18.4. The van der Waals surface area contributed by atoms with Crippen molar-refractivity contribution in [2.75, 3.05) is 6.54 Å². The van der Waals surface area contributed by atoms with Crippen LogP contribution in [0, 0.1) is 5.92 Å². The second kappa shape index (κ2) is 9.20. The van der Waals surface area contributed by atoms with Crippen LogP contribution in [0.5, 0.6) is 0 Å². The summed E-state index contributed by atoms with van der Waals surface area (Å²) >= 11 is 0. The molecule has 4 nitrogen and oxygen atoms in total. The van der Waals surface area contributed by atoms with Gasteiger partial charge in [-0.1, -0.05) is 56.0 Å². The van der Waals surface area contributed by atoms with Gasteiger partial charge >= 0.3 is 0 Å². The lowest BCUT2D eigenvalue weighted by Crippen LogP contribution is -2.57. The molecule has 26 heavy (non-hydrogen) atoms. The molecule has 142 valence electrons. The Labute approximate surface area is 157 Å². The van der Waals surface area contributed by atoms with Gasteiger partial charge in [-0.25, -0.2) is 0 Å². The number of rotatable bonds is 6. The minimum absolute atomic E-state index is 0.00619. The zero-order valence-electron chi connectivity index (χ0n) is 16.0. The SMILES string of the molecule is CC(=O)N[C@H]1CCCN(C(=O)CCC2CCCC2)[C@H]1Cc1ccccc1. The molecule has 0 aromatic heterocycles. The molecular weight excluding hydrogens is 324 g/mol. The Kier molecular flexibility index (Phi) is 6.70. The monoisotopic (exact) mass is 356 g/mol. The lowest BCUT2D eigenvalue weighted by molar-refractivity contribution is -0.137. The fraction of sp³-hybridized carbons (Fsp3) is 0.636. The molecule has 2 atom stereocenters. The van der Waals surface area contributed by atoms with E-state index >= 15 is 0 Å². The second-order valence-electron chi connectivity index (χ2n) is 7.98. The third-order valence-corrected chi connectivity index (χ3v) is 6.02. The van der Waals surface area contributed by atoms with Crippen LogP contribution in [0.25, 0.3) is 0 Å². The first kappa shape index (κ1) is 18.9. The normalized spacial score (nSPS) is 23.8. The summed E-state index contributed by atoms with van der Waals surface area (Å²) in [6.07, 6.45) is 9.62. The quantitative estimate of drug-likeness (QED) is 0.845. The highest BCUT2D eigenvalue weighted by atomic mass is 16.2. The number of piperidine rings is 1. The Morgan fingerprint density at radius 3 is 2.50 bits per heavy atom. The first-order chi connectivity index (χ1) is 12.6. The van der Waals surface area contributed by atoms with Gasteiger partial charge in [-0.3, -0.25) is 9.59 Å².